The lowest BCUT2D eigenvalue weighted by molar-refractivity contribution is -0.138. The Hall–Kier alpha value is -1.60. The Kier molecular flexibility index (Phi) is 6.51. The number of carbonyl (C=O) groups excluding carboxylic acids is 1. The second-order valence-electron chi connectivity index (χ2n) is 3.58. The van der Waals surface area contributed by atoms with Crippen LogP contribution in [-0.4, -0.2) is 24.2 Å². The molecule has 0 aliphatic rings. The predicted molar refractivity (Wildman–Crippen MR) is 65.2 cm³/mol. The zero-order valence-electron chi connectivity index (χ0n) is 9.37. The summed E-state index contributed by atoms with van der Waals surface area (Å²) in [6.45, 7) is -0.361. The summed E-state index contributed by atoms with van der Waals surface area (Å²) in [5.41, 5.74) is 4.26. The van der Waals surface area contributed by atoms with Crippen LogP contribution in [0.3, 0.4) is 0 Å². The molecule has 0 fully saturated rings. The van der Waals surface area contributed by atoms with E-state index in [1.807, 2.05) is 0 Å². The maximum Gasteiger partial charge on any atom is 0.416 e. The fourth-order valence-electron chi connectivity index (χ4n) is 1.46. The number of hydrogen-bond acceptors (Lipinski definition) is 3. The topological polar surface area (TPSA) is 75.4 Å². The molecule has 0 saturated carbocycles. The van der Waals surface area contributed by atoms with Crippen molar-refractivity contribution in [1.82, 2.24) is 5.32 Å². The third kappa shape index (κ3) is 4.53. The quantitative estimate of drug-likeness (QED) is 0.780. The molecule has 0 heterocycles. The molecule has 0 saturated heterocycles. The summed E-state index contributed by atoms with van der Waals surface area (Å²) in [6.07, 6.45) is -4.56. The van der Waals surface area contributed by atoms with Gasteiger partial charge in [0.15, 0.2) is 0 Å². The molecule has 0 aromatic heterocycles. The molecular weight excluding hydrogens is 261 g/mol. The first kappa shape index (κ1) is 17.4. The number of rotatable bonds is 4. The van der Waals surface area contributed by atoms with E-state index < -0.39 is 23.7 Å². The fraction of sp³-hybridized carbons (Fsp3) is 0.417. The molecule has 4 N–H and O–H groups in total. The van der Waals surface area contributed by atoms with Crippen LogP contribution in [0.4, 0.5) is 13.2 Å². The number of nitrogens with two attached hydrogens (primary N) is 1. The molecule has 0 spiro atoms. The van der Waals surface area contributed by atoms with E-state index in [-0.39, 0.29) is 26.1 Å². The van der Waals surface area contributed by atoms with E-state index in [2.05, 4.69) is 5.32 Å². The molecule has 108 valence electrons. The summed E-state index contributed by atoms with van der Waals surface area (Å²) >= 11 is 0. The summed E-state index contributed by atoms with van der Waals surface area (Å²) < 4.78 is 38.1. The molecule has 1 aromatic rings. The van der Waals surface area contributed by atoms with Crippen molar-refractivity contribution in [2.45, 2.75) is 19.6 Å². The summed E-state index contributed by atoms with van der Waals surface area (Å²) in [7, 11) is 0. The van der Waals surface area contributed by atoms with E-state index in [9.17, 15) is 18.0 Å². The highest BCUT2D eigenvalue weighted by Gasteiger charge is 2.35. The van der Waals surface area contributed by atoms with Gasteiger partial charge in [-0.25, -0.2) is 0 Å². The summed E-state index contributed by atoms with van der Waals surface area (Å²) in [5.74, 6) is -0.763. The Bertz CT molecular complexity index is 422. The van der Waals surface area contributed by atoms with Gasteiger partial charge in [-0.05, 0) is 11.6 Å². The average Bonchev–Trinajstić information content (AvgIpc) is 2.34. The van der Waals surface area contributed by atoms with Crippen molar-refractivity contribution in [2.75, 3.05) is 13.2 Å². The second kappa shape index (κ2) is 7.10. The van der Waals surface area contributed by atoms with Crippen molar-refractivity contribution in [3.05, 3.63) is 35.4 Å². The van der Waals surface area contributed by atoms with Crippen LogP contribution in [0.15, 0.2) is 24.3 Å². The highest BCUT2D eigenvalue weighted by Crippen LogP contribution is 2.33. The third-order valence-electron chi connectivity index (χ3n) is 2.29. The summed E-state index contributed by atoms with van der Waals surface area (Å²) in [5, 5.41) is 10.7. The van der Waals surface area contributed by atoms with Gasteiger partial charge in [0, 0.05) is 6.54 Å². The molecule has 0 bridgehead atoms. The van der Waals surface area contributed by atoms with Crippen molar-refractivity contribution >= 4 is 5.91 Å². The minimum absolute atomic E-state index is 0. The van der Waals surface area contributed by atoms with Gasteiger partial charge in [-0.1, -0.05) is 25.6 Å². The molecule has 1 atom stereocenters. The van der Waals surface area contributed by atoms with Crippen LogP contribution in [0.2, 0.25) is 0 Å². The second-order valence-corrected chi connectivity index (χ2v) is 3.58. The van der Waals surface area contributed by atoms with E-state index in [4.69, 9.17) is 10.8 Å². The summed E-state index contributed by atoms with van der Waals surface area (Å²) in [6, 6.07) is 3.21. The van der Waals surface area contributed by atoms with Crippen molar-refractivity contribution in [3.63, 3.8) is 0 Å². The number of aliphatic hydroxyl groups excluding tert-OH is 1. The largest absolute Gasteiger partial charge is 0.416 e. The number of alkyl halides is 3. The van der Waals surface area contributed by atoms with E-state index in [1.54, 1.807) is 0 Å². The standard InChI is InChI=1S/C11H13F3N2O2.CH4/c12-11(13,14)8-4-2-1-3-7(8)9(15)10(18)16-5-6-17;/h1-4,9,17H,5-6,15H2,(H,16,18);1H4. The van der Waals surface area contributed by atoms with Crippen molar-refractivity contribution in [3.8, 4) is 0 Å². The smallest absolute Gasteiger partial charge is 0.395 e. The SMILES string of the molecule is C.NC(C(=O)NCCO)c1ccccc1C(F)(F)F. The number of aliphatic hydroxyl groups is 1. The van der Waals surface area contributed by atoms with Crippen LogP contribution in [0.25, 0.3) is 0 Å². The number of benzene rings is 1. The Labute approximate surface area is 109 Å². The number of amides is 1. The molecule has 0 aliphatic heterocycles. The molecule has 0 aliphatic carbocycles. The maximum absolute atomic E-state index is 12.7. The molecule has 0 radical (unpaired) electrons. The van der Waals surface area contributed by atoms with E-state index in [0.29, 0.717) is 0 Å². The lowest BCUT2D eigenvalue weighted by Crippen LogP contribution is -2.36. The molecular formula is C12H17F3N2O2. The van der Waals surface area contributed by atoms with E-state index in [0.717, 1.165) is 12.1 Å². The average molecular weight is 278 g/mol. The number of carbonyl (C=O) groups is 1. The normalized spacial score (nSPS) is 12.5. The molecule has 4 nitrogen and oxygen atoms in total. The zero-order valence-corrected chi connectivity index (χ0v) is 9.37. The minimum Gasteiger partial charge on any atom is -0.395 e. The molecule has 1 rings (SSSR count). The zero-order chi connectivity index (χ0) is 13.8. The molecule has 7 heteroatoms. The van der Waals surface area contributed by atoms with Crippen LogP contribution in [0.5, 0.6) is 0 Å². The highest BCUT2D eigenvalue weighted by atomic mass is 19.4. The van der Waals surface area contributed by atoms with Crippen LogP contribution < -0.4 is 11.1 Å². The Morgan fingerprint density at radius 2 is 1.95 bits per heavy atom. The van der Waals surface area contributed by atoms with Gasteiger partial charge in [0.05, 0.1) is 12.2 Å². The van der Waals surface area contributed by atoms with Gasteiger partial charge >= 0.3 is 6.18 Å². The number of halogens is 3. The van der Waals surface area contributed by atoms with Gasteiger partial charge in [-0.2, -0.15) is 13.2 Å². The molecule has 1 amide bonds. The van der Waals surface area contributed by atoms with Crippen molar-refractivity contribution < 1.29 is 23.1 Å². The lowest BCUT2D eigenvalue weighted by Gasteiger charge is -2.17. The van der Waals surface area contributed by atoms with Gasteiger partial charge in [0.1, 0.15) is 6.04 Å². The van der Waals surface area contributed by atoms with Crippen LogP contribution in [0, 0.1) is 0 Å². The van der Waals surface area contributed by atoms with E-state index >= 15 is 0 Å². The van der Waals surface area contributed by atoms with Gasteiger partial charge in [0.25, 0.3) is 0 Å². The van der Waals surface area contributed by atoms with Crippen molar-refractivity contribution in [2.24, 2.45) is 5.73 Å². The maximum atomic E-state index is 12.7. The highest BCUT2D eigenvalue weighted by molar-refractivity contribution is 5.83. The van der Waals surface area contributed by atoms with Crippen LogP contribution in [0.1, 0.15) is 24.6 Å². The number of hydrogen-bond donors (Lipinski definition) is 3. The van der Waals surface area contributed by atoms with Gasteiger partial charge in [0.2, 0.25) is 5.91 Å². The number of nitrogens with one attached hydrogen (secondary N) is 1. The van der Waals surface area contributed by atoms with E-state index in [1.165, 1.54) is 12.1 Å². The first-order chi connectivity index (χ1) is 8.38. The fourth-order valence-corrected chi connectivity index (χ4v) is 1.46. The first-order valence-corrected chi connectivity index (χ1v) is 5.18. The molecule has 1 aromatic carbocycles. The Morgan fingerprint density at radius 3 is 2.47 bits per heavy atom. The van der Waals surface area contributed by atoms with Crippen molar-refractivity contribution in [1.29, 1.82) is 0 Å². The Morgan fingerprint density at radius 1 is 1.37 bits per heavy atom. The Balaban J connectivity index is 0.00000324. The van der Waals surface area contributed by atoms with Crippen LogP contribution >= 0.6 is 0 Å². The predicted octanol–water partition coefficient (Wildman–Crippen LogP) is 1.45. The minimum atomic E-state index is -4.56. The monoisotopic (exact) mass is 278 g/mol. The molecule has 19 heavy (non-hydrogen) atoms. The third-order valence-corrected chi connectivity index (χ3v) is 2.29. The lowest BCUT2D eigenvalue weighted by atomic mass is 10.00. The van der Waals surface area contributed by atoms with Gasteiger partial charge in [-0.3, -0.25) is 4.79 Å². The van der Waals surface area contributed by atoms with Gasteiger partial charge in [-0.15, -0.1) is 0 Å². The van der Waals surface area contributed by atoms with Crippen LogP contribution in [-0.2, 0) is 11.0 Å². The summed E-state index contributed by atoms with van der Waals surface area (Å²) in [4.78, 5) is 11.5. The molecule has 1 unspecified atom stereocenters. The first-order valence-electron chi connectivity index (χ1n) is 5.18. The van der Waals surface area contributed by atoms with Gasteiger partial charge < -0.3 is 16.2 Å².